The van der Waals surface area contributed by atoms with Crippen LogP contribution in [0.1, 0.15) is 24.1 Å². The van der Waals surface area contributed by atoms with Gasteiger partial charge in [-0.05, 0) is 43.9 Å². The molecule has 5 nitrogen and oxygen atoms in total. The van der Waals surface area contributed by atoms with Crippen molar-refractivity contribution in [1.82, 2.24) is 15.5 Å². The van der Waals surface area contributed by atoms with Crippen LogP contribution < -0.4 is 10.2 Å². The number of aryl methyl sites for hydroxylation is 1. The van der Waals surface area contributed by atoms with Gasteiger partial charge in [-0.25, -0.2) is 0 Å². The molecule has 1 aromatic carbocycles. The standard InChI is InChI=1S/C19H24N4O/c1-15-7-8-18(22-21-15)23-13-10-17(11-14-23)19(24)20-12-9-16-5-3-2-4-6-16/h2-8,17H,9-14H2,1H3,(H,20,24). The Labute approximate surface area is 143 Å². The quantitative estimate of drug-likeness (QED) is 0.917. The normalized spacial score (nSPS) is 15.3. The number of hydrogen-bond donors (Lipinski definition) is 1. The lowest BCUT2D eigenvalue weighted by molar-refractivity contribution is -0.125. The van der Waals surface area contributed by atoms with Crippen LogP contribution in [-0.2, 0) is 11.2 Å². The molecule has 1 aliphatic rings. The molecule has 1 saturated heterocycles. The van der Waals surface area contributed by atoms with Gasteiger partial charge in [-0.1, -0.05) is 30.3 Å². The predicted octanol–water partition coefficient (Wildman–Crippen LogP) is 2.36. The maximum Gasteiger partial charge on any atom is 0.223 e. The zero-order chi connectivity index (χ0) is 16.8. The summed E-state index contributed by atoms with van der Waals surface area (Å²) in [6.07, 6.45) is 2.61. The minimum atomic E-state index is 0.107. The zero-order valence-corrected chi connectivity index (χ0v) is 14.1. The Bertz CT molecular complexity index is 649. The molecule has 0 bridgehead atoms. The topological polar surface area (TPSA) is 58.1 Å². The van der Waals surface area contributed by atoms with E-state index in [4.69, 9.17) is 0 Å². The van der Waals surface area contributed by atoms with Crippen molar-refractivity contribution in [2.24, 2.45) is 5.92 Å². The van der Waals surface area contributed by atoms with E-state index in [1.54, 1.807) is 0 Å². The highest BCUT2D eigenvalue weighted by Gasteiger charge is 2.25. The second-order valence-corrected chi connectivity index (χ2v) is 6.32. The van der Waals surface area contributed by atoms with E-state index in [0.717, 1.165) is 43.9 Å². The summed E-state index contributed by atoms with van der Waals surface area (Å²) in [6.45, 7) is 4.35. The molecular weight excluding hydrogens is 300 g/mol. The van der Waals surface area contributed by atoms with Crippen LogP contribution in [0.2, 0.25) is 0 Å². The van der Waals surface area contributed by atoms with Crippen LogP contribution in [0.3, 0.4) is 0 Å². The maximum atomic E-state index is 12.3. The van der Waals surface area contributed by atoms with Crippen molar-refractivity contribution >= 4 is 11.7 Å². The Morgan fingerprint density at radius 2 is 1.88 bits per heavy atom. The molecule has 5 heteroatoms. The molecule has 0 spiro atoms. The fraction of sp³-hybridized carbons (Fsp3) is 0.421. The minimum absolute atomic E-state index is 0.107. The van der Waals surface area contributed by atoms with Crippen LogP contribution in [0.15, 0.2) is 42.5 Å². The Morgan fingerprint density at radius 3 is 2.54 bits per heavy atom. The van der Waals surface area contributed by atoms with Crippen LogP contribution in [0.5, 0.6) is 0 Å². The third-order valence-corrected chi connectivity index (χ3v) is 4.53. The van der Waals surface area contributed by atoms with Crippen LogP contribution in [0.4, 0.5) is 5.82 Å². The molecule has 0 atom stereocenters. The highest BCUT2D eigenvalue weighted by Crippen LogP contribution is 2.21. The number of carbonyl (C=O) groups is 1. The number of rotatable bonds is 5. The highest BCUT2D eigenvalue weighted by molar-refractivity contribution is 5.79. The Hall–Kier alpha value is -2.43. The molecule has 1 aliphatic heterocycles. The molecule has 126 valence electrons. The molecule has 2 heterocycles. The number of anilines is 1. The van der Waals surface area contributed by atoms with Gasteiger partial charge in [0.25, 0.3) is 0 Å². The van der Waals surface area contributed by atoms with Gasteiger partial charge >= 0.3 is 0 Å². The van der Waals surface area contributed by atoms with Crippen LogP contribution in [0.25, 0.3) is 0 Å². The van der Waals surface area contributed by atoms with Gasteiger partial charge in [0.1, 0.15) is 0 Å². The number of aromatic nitrogens is 2. The van der Waals surface area contributed by atoms with E-state index in [1.165, 1.54) is 5.56 Å². The largest absolute Gasteiger partial charge is 0.356 e. The molecule has 3 rings (SSSR count). The number of nitrogens with one attached hydrogen (secondary N) is 1. The van der Waals surface area contributed by atoms with E-state index in [2.05, 4.69) is 32.5 Å². The molecule has 0 unspecified atom stereocenters. The molecule has 1 N–H and O–H groups in total. The molecule has 2 aromatic rings. The summed E-state index contributed by atoms with van der Waals surface area (Å²) < 4.78 is 0. The van der Waals surface area contributed by atoms with E-state index in [0.29, 0.717) is 6.54 Å². The van der Waals surface area contributed by atoms with E-state index in [9.17, 15) is 4.79 Å². The average Bonchev–Trinajstić information content (AvgIpc) is 2.63. The molecule has 1 fully saturated rings. The van der Waals surface area contributed by atoms with Crippen molar-refractivity contribution in [2.45, 2.75) is 26.2 Å². The fourth-order valence-corrected chi connectivity index (χ4v) is 3.05. The first-order valence-corrected chi connectivity index (χ1v) is 8.59. The average molecular weight is 324 g/mol. The summed E-state index contributed by atoms with van der Waals surface area (Å²) >= 11 is 0. The third-order valence-electron chi connectivity index (χ3n) is 4.53. The first-order chi connectivity index (χ1) is 11.7. The fourth-order valence-electron chi connectivity index (χ4n) is 3.05. The highest BCUT2D eigenvalue weighted by atomic mass is 16.1. The minimum Gasteiger partial charge on any atom is -0.356 e. The second kappa shape index (κ2) is 7.90. The van der Waals surface area contributed by atoms with Crippen molar-refractivity contribution in [3.8, 4) is 0 Å². The van der Waals surface area contributed by atoms with Crippen molar-refractivity contribution in [3.63, 3.8) is 0 Å². The van der Waals surface area contributed by atoms with E-state index in [-0.39, 0.29) is 11.8 Å². The monoisotopic (exact) mass is 324 g/mol. The number of carbonyl (C=O) groups excluding carboxylic acids is 1. The van der Waals surface area contributed by atoms with Crippen molar-refractivity contribution in [1.29, 1.82) is 0 Å². The van der Waals surface area contributed by atoms with Gasteiger partial charge in [0.15, 0.2) is 5.82 Å². The predicted molar refractivity (Wildman–Crippen MR) is 94.9 cm³/mol. The van der Waals surface area contributed by atoms with Crippen LogP contribution in [0, 0.1) is 12.8 Å². The van der Waals surface area contributed by atoms with E-state index >= 15 is 0 Å². The van der Waals surface area contributed by atoms with Crippen molar-refractivity contribution < 1.29 is 4.79 Å². The lowest BCUT2D eigenvalue weighted by atomic mass is 9.96. The lowest BCUT2D eigenvalue weighted by Crippen LogP contribution is -2.41. The summed E-state index contributed by atoms with van der Waals surface area (Å²) in [7, 11) is 0. The number of amides is 1. The summed E-state index contributed by atoms with van der Waals surface area (Å²) in [5, 5.41) is 11.4. The summed E-state index contributed by atoms with van der Waals surface area (Å²) in [5.74, 6) is 1.19. The van der Waals surface area contributed by atoms with Crippen LogP contribution in [-0.4, -0.2) is 35.7 Å². The lowest BCUT2D eigenvalue weighted by Gasteiger charge is -2.31. The number of piperidine rings is 1. The van der Waals surface area contributed by atoms with Gasteiger partial charge in [0.05, 0.1) is 5.69 Å². The molecule has 0 saturated carbocycles. The van der Waals surface area contributed by atoms with Gasteiger partial charge in [-0.15, -0.1) is 5.10 Å². The first kappa shape index (κ1) is 16.4. The number of hydrogen-bond acceptors (Lipinski definition) is 4. The Morgan fingerprint density at radius 1 is 1.12 bits per heavy atom. The molecule has 0 radical (unpaired) electrons. The molecule has 0 aliphatic carbocycles. The Balaban J connectivity index is 1.42. The molecule has 24 heavy (non-hydrogen) atoms. The van der Waals surface area contributed by atoms with Gasteiger partial charge in [0.2, 0.25) is 5.91 Å². The molecule has 1 aromatic heterocycles. The van der Waals surface area contributed by atoms with Gasteiger partial charge in [-0.3, -0.25) is 4.79 Å². The number of benzene rings is 1. The van der Waals surface area contributed by atoms with Gasteiger partial charge in [-0.2, -0.15) is 5.10 Å². The number of nitrogens with zero attached hydrogens (tertiary/aromatic N) is 3. The summed E-state index contributed by atoms with van der Waals surface area (Å²) in [5.41, 5.74) is 2.18. The first-order valence-electron chi connectivity index (χ1n) is 8.59. The smallest absolute Gasteiger partial charge is 0.223 e. The third kappa shape index (κ3) is 4.31. The second-order valence-electron chi connectivity index (χ2n) is 6.32. The van der Waals surface area contributed by atoms with Gasteiger partial charge in [0, 0.05) is 25.6 Å². The van der Waals surface area contributed by atoms with E-state index in [1.807, 2.05) is 37.3 Å². The summed E-state index contributed by atoms with van der Waals surface area (Å²) in [6, 6.07) is 14.2. The molecule has 1 amide bonds. The Kier molecular flexibility index (Phi) is 5.41. The van der Waals surface area contributed by atoms with Crippen molar-refractivity contribution in [3.05, 3.63) is 53.7 Å². The molecular formula is C19H24N4O. The van der Waals surface area contributed by atoms with Crippen LogP contribution >= 0.6 is 0 Å². The SMILES string of the molecule is Cc1ccc(N2CCC(C(=O)NCCc3ccccc3)CC2)nn1. The van der Waals surface area contributed by atoms with Gasteiger partial charge < -0.3 is 10.2 Å². The van der Waals surface area contributed by atoms with E-state index < -0.39 is 0 Å². The zero-order valence-electron chi connectivity index (χ0n) is 14.1. The van der Waals surface area contributed by atoms with Crippen molar-refractivity contribution in [2.75, 3.05) is 24.5 Å². The maximum absolute atomic E-state index is 12.3. The summed E-state index contributed by atoms with van der Waals surface area (Å²) in [4.78, 5) is 14.5.